The van der Waals surface area contributed by atoms with Crippen molar-refractivity contribution in [1.29, 1.82) is 0 Å². The van der Waals surface area contributed by atoms with Crippen LogP contribution in [0.15, 0.2) is 16.9 Å². The number of likely N-dealkylation sites (tertiary alicyclic amines) is 1. The molecule has 1 aromatic heterocycles. The fourth-order valence-corrected chi connectivity index (χ4v) is 2.67. The summed E-state index contributed by atoms with van der Waals surface area (Å²) >= 11 is 3.32. The van der Waals surface area contributed by atoms with Crippen molar-refractivity contribution in [3.05, 3.63) is 16.9 Å². The van der Waals surface area contributed by atoms with E-state index in [4.69, 9.17) is 4.74 Å². The molecular weight excluding hydrogens is 324 g/mol. The zero-order chi connectivity index (χ0) is 14.5. The van der Waals surface area contributed by atoms with Crippen LogP contribution in [0.1, 0.15) is 20.8 Å². The molecule has 1 aromatic rings. The Kier molecular flexibility index (Phi) is 3.12. The molecule has 7 heteroatoms. The highest BCUT2D eigenvalue weighted by molar-refractivity contribution is 9.10. The summed E-state index contributed by atoms with van der Waals surface area (Å²) in [7, 11) is 0. The minimum absolute atomic E-state index is 0.227. The number of rotatable bonds is 1. The number of amides is 1. The van der Waals surface area contributed by atoms with Crippen LogP contribution in [0.3, 0.4) is 0 Å². The number of carbonyl (C=O) groups is 1. The van der Waals surface area contributed by atoms with E-state index in [-0.39, 0.29) is 12.1 Å². The summed E-state index contributed by atoms with van der Waals surface area (Å²) in [6, 6.07) is 0.556. The van der Waals surface area contributed by atoms with Crippen LogP contribution in [-0.2, 0) is 4.74 Å². The lowest BCUT2D eigenvalue weighted by atomic mass is 9.86. The Morgan fingerprint density at radius 1 is 1.30 bits per heavy atom. The van der Waals surface area contributed by atoms with Gasteiger partial charge in [0.15, 0.2) is 0 Å². The molecule has 2 atom stereocenters. The van der Waals surface area contributed by atoms with Crippen LogP contribution < -0.4 is 4.90 Å². The van der Waals surface area contributed by atoms with Gasteiger partial charge in [0, 0.05) is 25.5 Å². The van der Waals surface area contributed by atoms with Crippen molar-refractivity contribution in [1.82, 2.24) is 14.9 Å². The fraction of sp³-hybridized carbons (Fsp3) is 0.615. The molecule has 3 heterocycles. The minimum atomic E-state index is -0.444. The van der Waals surface area contributed by atoms with Gasteiger partial charge in [0.1, 0.15) is 5.60 Å². The average Bonchev–Trinajstić information content (AvgIpc) is 2.31. The fourth-order valence-electron chi connectivity index (χ4n) is 2.47. The zero-order valence-corrected chi connectivity index (χ0v) is 13.3. The molecule has 0 bridgehead atoms. The van der Waals surface area contributed by atoms with Crippen molar-refractivity contribution < 1.29 is 9.53 Å². The van der Waals surface area contributed by atoms with Crippen molar-refractivity contribution >= 4 is 28.0 Å². The van der Waals surface area contributed by atoms with E-state index in [2.05, 4.69) is 30.8 Å². The lowest BCUT2D eigenvalue weighted by Gasteiger charge is -2.61. The van der Waals surface area contributed by atoms with Gasteiger partial charge in [-0.25, -0.2) is 14.8 Å². The molecule has 0 saturated carbocycles. The SMILES string of the molecule is CC(C)(C)OC(=O)N1CC2C1CN2c1ncc(Br)cn1. The van der Waals surface area contributed by atoms with Crippen molar-refractivity contribution in [2.45, 2.75) is 38.5 Å². The van der Waals surface area contributed by atoms with Gasteiger partial charge in [-0.15, -0.1) is 0 Å². The molecule has 2 fully saturated rings. The van der Waals surface area contributed by atoms with Crippen LogP contribution in [0, 0.1) is 0 Å². The minimum Gasteiger partial charge on any atom is -0.444 e. The van der Waals surface area contributed by atoms with Crippen LogP contribution in [0.5, 0.6) is 0 Å². The summed E-state index contributed by atoms with van der Waals surface area (Å²) in [6.45, 7) is 7.09. The van der Waals surface area contributed by atoms with Crippen molar-refractivity contribution in [3.8, 4) is 0 Å². The molecule has 0 aromatic carbocycles. The number of fused-ring (bicyclic) bond motifs is 1. The van der Waals surface area contributed by atoms with Crippen LogP contribution in [-0.4, -0.2) is 51.7 Å². The van der Waals surface area contributed by atoms with Gasteiger partial charge in [-0.1, -0.05) is 0 Å². The third-order valence-corrected chi connectivity index (χ3v) is 3.91. The number of piperazine rings is 1. The van der Waals surface area contributed by atoms with Gasteiger partial charge in [0.2, 0.25) is 5.95 Å². The van der Waals surface area contributed by atoms with E-state index in [1.54, 1.807) is 17.3 Å². The number of carbonyl (C=O) groups excluding carboxylic acids is 1. The van der Waals surface area contributed by atoms with E-state index < -0.39 is 5.60 Å². The molecule has 2 saturated heterocycles. The number of anilines is 1. The molecule has 0 N–H and O–H groups in total. The topological polar surface area (TPSA) is 58.6 Å². The summed E-state index contributed by atoms with van der Waals surface area (Å²) < 4.78 is 6.25. The van der Waals surface area contributed by atoms with E-state index in [0.717, 1.165) is 17.0 Å². The number of halogens is 1. The highest BCUT2D eigenvalue weighted by Gasteiger charge is 2.55. The number of ether oxygens (including phenoxy) is 1. The molecule has 1 amide bonds. The predicted molar refractivity (Wildman–Crippen MR) is 77.6 cm³/mol. The Hall–Kier alpha value is -1.37. The van der Waals surface area contributed by atoms with Crippen molar-refractivity contribution in [3.63, 3.8) is 0 Å². The maximum Gasteiger partial charge on any atom is 0.410 e. The first-order chi connectivity index (χ1) is 9.35. The zero-order valence-electron chi connectivity index (χ0n) is 11.7. The second-order valence-electron chi connectivity index (χ2n) is 6.12. The second kappa shape index (κ2) is 4.58. The molecule has 2 aliphatic rings. The number of hydrogen-bond acceptors (Lipinski definition) is 5. The molecular formula is C13H17BrN4O2. The van der Waals surface area contributed by atoms with Crippen molar-refractivity contribution in [2.75, 3.05) is 18.0 Å². The summed E-state index contributed by atoms with van der Waals surface area (Å²) in [5, 5.41) is 0. The lowest BCUT2D eigenvalue weighted by Crippen LogP contribution is -2.80. The summed E-state index contributed by atoms with van der Waals surface area (Å²) in [6.07, 6.45) is 3.25. The Labute approximate surface area is 126 Å². The number of nitrogens with zero attached hydrogens (tertiary/aromatic N) is 4. The first kappa shape index (κ1) is 13.6. The molecule has 20 heavy (non-hydrogen) atoms. The van der Waals surface area contributed by atoms with Gasteiger partial charge >= 0.3 is 6.09 Å². The van der Waals surface area contributed by atoms with Crippen LogP contribution in [0.4, 0.5) is 10.7 Å². The number of hydrogen-bond donors (Lipinski definition) is 0. The highest BCUT2D eigenvalue weighted by Crippen LogP contribution is 2.36. The van der Waals surface area contributed by atoms with Gasteiger partial charge < -0.3 is 9.64 Å². The quantitative estimate of drug-likeness (QED) is 0.783. The van der Waals surface area contributed by atoms with Crippen LogP contribution >= 0.6 is 15.9 Å². The summed E-state index contributed by atoms with van der Waals surface area (Å²) in [5.41, 5.74) is -0.444. The first-order valence-electron chi connectivity index (χ1n) is 6.59. The maximum atomic E-state index is 12.0. The summed E-state index contributed by atoms with van der Waals surface area (Å²) in [4.78, 5) is 24.4. The molecule has 2 unspecified atom stereocenters. The van der Waals surface area contributed by atoms with Gasteiger partial charge in [-0.3, -0.25) is 4.90 Å². The van der Waals surface area contributed by atoms with Crippen molar-refractivity contribution in [2.24, 2.45) is 0 Å². The third kappa shape index (κ3) is 2.34. The maximum absolute atomic E-state index is 12.0. The molecule has 108 valence electrons. The molecule has 2 aliphatic heterocycles. The molecule has 0 aliphatic carbocycles. The predicted octanol–water partition coefficient (Wildman–Crippen LogP) is 2.05. The number of aromatic nitrogens is 2. The van der Waals surface area contributed by atoms with Crippen LogP contribution in [0.2, 0.25) is 0 Å². The van der Waals surface area contributed by atoms with E-state index in [1.165, 1.54) is 0 Å². The Bertz CT molecular complexity index is 528. The van der Waals surface area contributed by atoms with E-state index in [9.17, 15) is 4.79 Å². The Balaban J connectivity index is 1.58. The van der Waals surface area contributed by atoms with E-state index >= 15 is 0 Å². The van der Waals surface area contributed by atoms with Crippen LogP contribution in [0.25, 0.3) is 0 Å². The molecule has 3 rings (SSSR count). The van der Waals surface area contributed by atoms with Gasteiger partial charge in [0.05, 0.1) is 16.6 Å². The average molecular weight is 341 g/mol. The third-order valence-electron chi connectivity index (χ3n) is 3.50. The standard InChI is InChI=1S/C13H17BrN4O2/c1-13(2,3)20-12(19)18-7-9-10(18)6-17(9)11-15-4-8(14)5-16-11/h4-5,9-10H,6-7H2,1-3H3. The highest BCUT2D eigenvalue weighted by atomic mass is 79.9. The first-order valence-corrected chi connectivity index (χ1v) is 7.38. The normalized spacial score (nSPS) is 24.6. The molecule has 0 spiro atoms. The lowest BCUT2D eigenvalue weighted by molar-refractivity contribution is -0.0315. The van der Waals surface area contributed by atoms with E-state index in [1.807, 2.05) is 20.8 Å². The van der Waals surface area contributed by atoms with E-state index in [0.29, 0.717) is 12.6 Å². The smallest absolute Gasteiger partial charge is 0.410 e. The largest absolute Gasteiger partial charge is 0.444 e. The van der Waals surface area contributed by atoms with Gasteiger partial charge in [0.25, 0.3) is 0 Å². The molecule has 0 radical (unpaired) electrons. The van der Waals surface area contributed by atoms with Gasteiger partial charge in [-0.05, 0) is 36.7 Å². The monoisotopic (exact) mass is 340 g/mol. The Morgan fingerprint density at radius 2 is 1.95 bits per heavy atom. The second-order valence-corrected chi connectivity index (χ2v) is 7.04. The van der Waals surface area contributed by atoms with Gasteiger partial charge in [-0.2, -0.15) is 0 Å². The summed E-state index contributed by atoms with van der Waals surface area (Å²) in [5.74, 6) is 0.721. The molecule has 6 nitrogen and oxygen atoms in total. The Morgan fingerprint density at radius 3 is 2.45 bits per heavy atom.